The van der Waals surface area contributed by atoms with Crippen molar-refractivity contribution in [1.82, 2.24) is 14.2 Å². The van der Waals surface area contributed by atoms with Gasteiger partial charge in [-0.05, 0) is 43.9 Å². The van der Waals surface area contributed by atoms with Crippen molar-refractivity contribution in [3.05, 3.63) is 30.1 Å². The molecule has 3 rings (SSSR count). The lowest BCUT2D eigenvalue weighted by molar-refractivity contribution is -0.192. The molecule has 0 aliphatic carbocycles. The summed E-state index contributed by atoms with van der Waals surface area (Å²) >= 11 is 0. The van der Waals surface area contributed by atoms with Crippen molar-refractivity contribution in [2.24, 2.45) is 5.41 Å². The van der Waals surface area contributed by atoms with Gasteiger partial charge in [0.2, 0.25) is 15.9 Å². The van der Waals surface area contributed by atoms with Crippen molar-refractivity contribution in [3.8, 4) is 0 Å². The van der Waals surface area contributed by atoms with Crippen molar-refractivity contribution >= 4 is 21.9 Å². The van der Waals surface area contributed by atoms with Crippen LogP contribution in [0.15, 0.2) is 24.5 Å². The molecular formula is C18H24F3N3O5S. The molecule has 168 valence electrons. The second-order valence-electron chi connectivity index (χ2n) is 7.25. The first-order valence-electron chi connectivity index (χ1n) is 9.37. The van der Waals surface area contributed by atoms with Gasteiger partial charge in [0.05, 0.1) is 11.2 Å². The van der Waals surface area contributed by atoms with Gasteiger partial charge >= 0.3 is 12.1 Å². The fraction of sp³-hybridized carbons (Fsp3) is 0.611. The van der Waals surface area contributed by atoms with Crippen LogP contribution in [0.5, 0.6) is 0 Å². The molecule has 2 fully saturated rings. The van der Waals surface area contributed by atoms with E-state index in [1.807, 2.05) is 17.0 Å². The van der Waals surface area contributed by atoms with Gasteiger partial charge in [-0.25, -0.2) is 17.5 Å². The largest absolute Gasteiger partial charge is 0.490 e. The van der Waals surface area contributed by atoms with Gasteiger partial charge in [-0.1, -0.05) is 0 Å². The van der Waals surface area contributed by atoms with Crippen LogP contribution in [0, 0.1) is 5.41 Å². The molecule has 1 amide bonds. The fourth-order valence-electron chi connectivity index (χ4n) is 3.64. The maximum Gasteiger partial charge on any atom is 0.490 e. The summed E-state index contributed by atoms with van der Waals surface area (Å²) in [5.41, 5.74) is 0.535. The van der Waals surface area contributed by atoms with E-state index >= 15 is 0 Å². The molecular weight excluding hydrogens is 427 g/mol. The number of alkyl halides is 3. The van der Waals surface area contributed by atoms with Gasteiger partial charge in [0, 0.05) is 38.6 Å². The van der Waals surface area contributed by atoms with Crippen molar-refractivity contribution in [3.63, 3.8) is 0 Å². The number of piperidine rings is 1. The number of aromatic nitrogens is 1. The second-order valence-corrected chi connectivity index (χ2v) is 9.51. The Kier molecular flexibility index (Phi) is 7.45. The van der Waals surface area contributed by atoms with E-state index in [0.29, 0.717) is 26.2 Å². The van der Waals surface area contributed by atoms with E-state index in [1.54, 1.807) is 19.3 Å². The predicted molar refractivity (Wildman–Crippen MR) is 101 cm³/mol. The number of rotatable bonds is 4. The van der Waals surface area contributed by atoms with E-state index in [0.717, 1.165) is 24.8 Å². The zero-order valence-corrected chi connectivity index (χ0v) is 17.2. The van der Waals surface area contributed by atoms with Crippen LogP contribution in [0.2, 0.25) is 0 Å². The van der Waals surface area contributed by atoms with Crippen LogP contribution in [-0.4, -0.2) is 71.2 Å². The number of likely N-dealkylation sites (tertiary alicyclic amines) is 1. The van der Waals surface area contributed by atoms with Crippen LogP contribution in [-0.2, 0) is 26.2 Å². The molecule has 0 aromatic carbocycles. The van der Waals surface area contributed by atoms with Gasteiger partial charge in [-0.2, -0.15) is 13.2 Å². The first kappa shape index (κ1) is 24.1. The lowest BCUT2D eigenvalue weighted by Gasteiger charge is -2.38. The fourth-order valence-corrected chi connectivity index (χ4v) is 4.86. The number of carbonyl (C=O) groups is 2. The van der Waals surface area contributed by atoms with Gasteiger partial charge in [0.1, 0.15) is 0 Å². The van der Waals surface area contributed by atoms with Crippen molar-refractivity contribution in [2.75, 3.05) is 25.4 Å². The molecule has 0 bridgehead atoms. The Hall–Kier alpha value is -2.21. The highest BCUT2D eigenvalue weighted by atomic mass is 32.2. The van der Waals surface area contributed by atoms with Crippen LogP contribution in [0.25, 0.3) is 0 Å². The first-order valence-corrected chi connectivity index (χ1v) is 11.0. The number of nitrogens with zero attached hydrogens (tertiary/aromatic N) is 3. The molecule has 2 aliphatic rings. The van der Waals surface area contributed by atoms with Crippen LogP contribution < -0.4 is 0 Å². The minimum Gasteiger partial charge on any atom is -0.475 e. The highest BCUT2D eigenvalue weighted by molar-refractivity contribution is 7.89. The number of aliphatic carboxylic acids is 1. The minimum atomic E-state index is -5.08. The number of carbonyl (C=O) groups excluding carboxylic acids is 1. The molecule has 30 heavy (non-hydrogen) atoms. The van der Waals surface area contributed by atoms with Crippen LogP contribution in [0.4, 0.5) is 13.2 Å². The highest BCUT2D eigenvalue weighted by Gasteiger charge is 2.50. The molecule has 1 unspecified atom stereocenters. The third-order valence-corrected chi connectivity index (χ3v) is 7.09. The number of carboxylic acids is 1. The van der Waals surface area contributed by atoms with Gasteiger partial charge in [-0.3, -0.25) is 9.78 Å². The molecule has 3 heterocycles. The van der Waals surface area contributed by atoms with E-state index in [4.69, 9.17) is 9.90 Å². The van der Waals surface area contributed by atoms with Crippen molar-refractivity contribution < 1.29 is 36.3 Å². The Morgan fingerprint density at radius 3 is 2.37 bits per heavy atom. The molecule has 1 atom stereocenters. The number of sulfonamides is 1. The van der Waals surface area contributed by atoms with E-state index < -0.39 is 27.6 Å². The molecule has 1 spiro atoms. The zero-order valence-electron chi connectivity index (χ0n) is 16.4. The normalized spacial score (nSPS) is 22.7. The number of amides is 1. The third kappa shape index (κ3) is 5.69. The van der Waals surface area contributed by atoms with E-state index in [2.05, 4.69) is 4.98 Å². The molecule has 8 nitrogen and oxygen atoms in total. The summed E-state index contributed by atoms with van der Waals surface area (Å²) in [7, 11) is -3.23. The quantitative estimate of drug-likeness (QED) is 0.749. The Balaban J connectivity index is 0.000000396. The van der Waals surface area contributed by atoms with E-state index in [9.17, 15) is 26.4 Å². The number of carboxylic acid groups (broad SMARTS) is 1. The Bertz CT molecular complexity index is 864. The maximum atomic E-state index is 12.9. The first-order chi connectivity index (χ1) is 13.9. The summed E-state index contributed by atoms with van der Waals surface area (Å²) < 4.78 is 57.6. The van der Waals surface area contributed by atoms with Gasteiger partial charge in [0.15, 0.2) is 0 Å². The summed E-state index contributed by atoms with van der Waals surface area (Å²) in [4.78, 5) is 27.7. The number of halogens is 3. The highest BCUT2D eigenvalue weighted by Crippen LogP contribution is 2.41. The SMILES string of the molecule is CCS(=O)(=O)N1CCCC2(CCN(Cc3ccncc3)C2=O)C1.O=C(O)C(F)(F)F. The lowest BCUT2D eigenvalue weighted by atomic mass is 9.79. The number of hydrogen-bond acceptors (Lipinski definition) is 5. The molecule has 2 saturated heterocycles. The molecule has 1 N–H and O–H groups in total. The molecule has 1 aromatic heterocycles. The molecule has 2 aliphatic heterocycles. The molecule has 12 heteroatoms. The average Bonchev–Trinajstić information content (AvgIpc) is 2.98. The summed E-state index contributed by atoms with van der Waals surface area (Å²) in [6.07, 6.45) is 0.652. The van der Waals surface area contributed by atoms with Gasteiger partial charge in [-0.15, -0.1) is 0 Å². The van der Waals surface area contributed by atoms with Gasteiger partial charge < -0.3 is 10.0 Å². The zero-order chi connectivity index (χ0) is 22.6. The Morgan fingerprint density at radius 2 is 1.83 bits per heavy atom. The third-order valence-electron chi connectivity index (χ3n) is 5.27. The molecule has 1 aromatic rings. The predicted octanol–water partition coefficient (Wildman–Crippen LogP) is 1.88. The monoisotopic (exact) mass is 451 g/mol. The van der Waals surface area contributed by atoms with Crippen LogP contribution in [0.3, 0.4) is 0 Å². The summed E-state index contributed by atoms with van der Waals surface area (Å²) in [5, 5.41) is 7.12. The van der Waals surface area contributed by atoms with Crippen molar-refractivity contribution in [1.29, 1.82) is 0 Å². The van der Waals surface area contributed by atoms with E-state index in [-0.39, 0.29) is 11.7 Å². The summed E-state index contributed by atoms with van der Waals surface area (Å²) in [6.45, 7) is 3.80. The second kappa shape index (κ2) is 9.29. The molecule has 0 radical (unpaired) electrons. The average molecular weight is 451 g/mol. The van der Waals surface area contributed by atoms with Gasteiger partial charge in [0.25, 0.3) is 0 Å². The topological polar surface area (TPSA) is 108 Å². The lowest BCUT2D eigenvalue weighted by Crippen LogP contribution is -2.50. The Morgan fingerprint density at radius 1 is 1.23 bits per heavy atom. The number of hydrogen-bond donors (Lipinski definition) is 1. The Labute approximate surface area is 172 Å². The smallest absolute Gasteiger partial charge is 0.475 e. The molecule has 0 saturated carbocycles. The minimum absolute atomic E-state index is 0.0952. The van der Waals surface area contributed by atoms with Crippen LogP contribution in [0.1, 0.15) is 31.7 Å². The number of pyridine rings is 1. The summed E-state index contributed by atoms with van der Waals surface area (Å²) in [5.74, 6) is -2.56. The summed E-state index contributed by atoms with van der Waals surface area (Å²) in [6, 6.07) is 3.82. The van der Waals surface area contributed by atoms with Crippen molar-refractivity contribution in [2.45, 2.75) is 38.9 Å². The maximum absolute atomic E-state index is 12.9. The van der Waals surface area contributed by atoms with Crippen LogP contribution >= 0.6 is 0 Å². The standard InChI is InChI=1S/C16H23N3O3S.C2HF3O2/c1-2-23(21,22)19-10-3-6-16(13-19)7-11-18(15(16)20)12-14-4-8-17-9-5-14;3-2(4,5)1(6)7/h4-5,8-9H,2-3,6-7,10-13H2,1H3;(H,6,7). The van der Waals surface area contributed by atoms with E-state index in [1.165, 1.54) is 4.31 Å².